The molecule has 0 spiro atoms. The van der Waals surface area contributed by atoms with Gasteiger partial charge in [0.05, 0.1) is 11.5 Å². The summed E-state index contributed by atoms with van der Waals surface area (Å²) in [5.41, 5.74) is 0. The zero-order valence-corrected chi connectivity index (χ0v) is 5.78. The summed E-state index contributed by atoms with van der Waals surface area (Å²) in [5, 5.41) is 8.54. The van der Waals surface area contributed by atoms with Gasteiger partial charge in [0.2, 0.25) is 0 Å². The molecule has 0 radical (unpaired) electrons. The Morgan fingerprint density at radius 2 is 2.29 bits per heavy atom. The normalized spacial score (nSPS) is 18.9. The molecule has 0 rings (SSSR count). The summed E-state index contributed by atoms with van der Waals surface area (Å²) < 4.78 is 0. The van der Waals surface area contributed by atoms with Crippen LogP contribution >= 0.6 is 24.2 Å². The van der Waals surface area contributed by atoms with Gasteiger partial charge in [-0.3, -0.25) is 0 Å². The molecule has 0 saturated carbocycles. The van der Waals surface area contributed by atoms with Gasteiger partial charge in [-0.15, -0.1) is 11.6 Å². The Kier molecular flexibility index (Phi) is 3.89. The van der Waals surface area contributed by atoms with Crippen LogP contribution in [0.15, 0.2) is 0 Å². The van der Waals surface area contributed by atoms with E-state index >= 15 is 0 Å². The molecule has 1 nitrogen and oxygen atoms in total. The first kappa shape index (κ1) is 7.60. The number of aliphatic hydroxyl groups excluding tert-OH is 1. The molecule has 3 heteroatoms. The second kappa shape index (κ2) is 3.58. The molecule has 0 amide bonds. The molecule has 0 aliphatic heterocycles. The van der Waals surface area contributed by atoms with Crippen LogP contribution in [-0.2, 0) is 0 Å². The molecule has 0 bridgehead atoms. The molecule has 0 aliphatic rings. The molecule has 44 valence electrons. The van der Waals surface area contributed by atoms with E-state index in [2.05, 4.69) is 12.6 Å². The average Bonchev–Trinajstić information content (AvgIpc) is 1.65. The lowest BCUT2D eigenvalue weighted by atomic mass is 10.3. The Balaban J connectivity index is 3.14. The van der Waals surface area contributed by atoms with E-state index in [4.69, 9.17) is 16.7 Å². The maximum atomic E-state index is 8.73. The maximum absolute atomic E-state index is 8.73. The zero-order chi connectivity index (χ0) is 5.86. The summed E-state index contributed by atoms with van der Waals surface area (Å²) in [6.07, 6.45) is -0.468. The Morgan fingerprint density at radius 3 is 2.29 bits per heavy atom. The summed E-state index contributed by atoms with van der Waals surface area (Å²) in [5.74, 6) is 0.435. The van der Waals surface area contributed by atoms with E-state index in [9.17, 15) is 0 Å². The molecule has 0 aliphatic carbocycles. The first-order valence-electron chi connectivity index (χ1n) is 2.11. The van der Waals surface area contributed by atoms with Gasteiger partial charge in [0, 0.05) is 5.75 Å². The summed E-state index contributed by atoms with van der Waals surface area (Å²) in [7, 11) is 0. The van der Waals surface area contributed by atoms with Crippen molar-refractivity contribution in [2.45, 2.75) is 18.4 Å². The van der Waals surface area contributed by atoms with Crippen LogP contribution in [0.2, 0.25) is 0 Å². The number of halogens is 1. The van der Waals surface area contributed by atoms with Crippen LogP contribution in [0, 0.1) is 0 Å². The van der Waals surface area contributed by atoms with E-state index in [0.29, 0.717) is 5.75 Å². The van der Waals surface area contributed by atoms with Crippen LogP contribution in [-0.4, -0.2) is 22.3 Å². The average molecular weight is 141 g/mol. The van der Waals surface area contributed by atoms with Gasteiger partial charge in [-0.2, -0.15) is 12.6 Å². The number of hydrogen-bond donors (Lipinski definition) is 2. The van der Waals surface area contributed by atoms with E-state index in [0.717, 1.165) is 0 Å². The first-order chi connectivity index (χ1) is 3.18. The molecule has 0 saturated heterocycles. The van der Waals surface area contributed by atoms with E-state index in [1.165, 1.54) is 0 Å². The highest BCUT2D eigenvalue weighted by molar-refractivity contribution is 7.80. The highest BCUT2D eigenvalue weighted by atomic mass is 35.5. The molecule has 7 heavy (non-hydrogen) atoms. The van der Waals surface area contributed by atoms with E-state index in [1.54, 1.807) is 6.92 Å². The minimum Gasteiger partial charge on any atom is -0.391 e. The van der Waals surface area contributed by atoms with Gasteiger partial charge in [-0.1, -0.05) is 0 Å². The standard InChI is InChI=1S/C4H9ClOS/c1-3(5)4(6)2-7/h3-4,6-7H,2H2,1H3. The van der Waals surface area contributed by atoms with Crippen molar-refractivity contribution in [3.05, 3.63) is 0 Å². The van der Waals surface area contributed by atoms with Crippen LogP contribution in [0.1, 0.15) is 6.92 Å². The monoisotopic (exact) mass is 140 g/mol. The molecule has 0 aromatic carbocycles. The predicted octanol–water partition coefficient (Wildman–Crippen LogP) is 0.904. The Labute approximate surface area is 54.1 Å². The van der Waals surface area contributed by atoms with E-state index in [-0.39, 0.29) is 5.38 Å². The fourth-order valence-corrected chi connectivity index (χ4v) is 0.675. The SMILES string of the molecule is CC(Cl)C(O)CS. The van der Waals surface area contributed by atoms with Crippen molar-refractivity contribution in [3.8, 4) is 0 Å². The zero-order valence-electron chi connectivity index (χ0n) is 4.13. The lowest BCUT2D eigenvalue weighted by Crippen LogP contribution is -2.18. The van der Waals surface area contributed by atoms with E-state index < -0.39 is 6.10 Å². The number of aliphatic hydroxyl groups is 1. The van der Waals surface area contributed by atoms with Crippen LogP contribution < -0.4 is 0 Å². The van der Waals surface area contributed by atoms with Gasteiger partial charge in [-0.05, 0) is 6.92 Å². The Morgan fingerprint density at radius 1 is 1.86 bits per heavy atom. The molecular weight excluding hydrogens is 132 g/mol. The van der Waals surface area contributed by atoms with Gasteiger partial charge in [0.25, 0.3) is 0 Å². The second-order valence-corrected chi connectivity index (χ2v) is 2.48. The number of hydrogen-bond acceptors (Lipinski definition) is 2. The third-order valence-electron chi connectivity index (χ3n) is 0.717. The van der Waals surface area contributed by atoms with Gasteiger partial charge in [0.1, 0.15) is 0 Å². The number of thiol groups is 1. The molecule has 0 aromatic heterocycles. The highest BCUT2D eigenvalue weighted by Crippen LogP contribution is 2.01. The van der Waals surface area contributed by atoms with Gasteiger partial charge < -0.3 is 5.11 Å². The van der Waals surface area contributed by atoms with Crippen molar-refractivity contribution in [2.24, 2.45) is 0 Å². The second-order valence-electron chi connectivity index (χ2n) is 1.43. The summed E-state index contributed by atoms with van der Waals surface area (Å²) in [6, 6.07) is 0. The molecule has 0 heterocycles. The third kappa shape index (κ3) is 3.21. The topological polar surface area (TPSA) is 20.2 Å². The Hall–Kier alpha value is 0.600. The van der Waals surface area contributed by atoms with Crippen molar-refractivity contribution in [3.63, 3.8) is 0 Å². The first-order valence-corrected chi connectivity index (χ1v) is 3.18. The summed E-state index contributed by atoms with van der Waals surface area (Å²) >= 11 is 9.25. The van der Waals surface area contributed by atoms with Crippen molar-refractivity contribution < 1.29 is 5.11 Å². The number of rotatable bonds is 2. The van der Waals surface area contributed by atoms with Crippen LogP contribution in [0.25, 0.3) is 0 Å². The lowest BCUT2D eigenvalue weighted by Gasteiger charge is -2.06. The van der Waals surface area contributed by atoms with Crippen LogP contribution in [0.4, 0.5) is 0 Å². The third-order valence-corrected chi connectivity index (χ3v) is 1.38. The van der Waals surface area contributed by atoms with E-state index in [1.807, 2.05) is 0 Å². The van der Waals surface area contributed by atoms with Crippen molar-refractivity contribution in [2.75, 3.05) is 5.75 Å². The van der Waals surface area contributed by atoms with Crippen LogP contribution in [0.5, 0.6) is 0 Å². The van der Waals surface area contributed by atoms with Crippen molar-refractivity contribution >= 4 is 24.2 Å². The lowest BCUT2D eigenvalue weighted by molar-refractivity contribution is 0.199. The molecule has 2 atom stereocenters. The van der Waals surface area contributed by atoms with Crippen LogP contribution in [0.3, 0.4) is 0 Å². The summed E-state index contributed by atoms with van der Waals surface area (Å²) in [4.78, 5) is 0. The summed E-state index contributed by atoms with van der Waals surface area (Å²) in [6.45, 7) is 1.74. The van der Waals surface area contributed by atoms with Crippen molar-refractivity contribution in [1.29, 1.82) is 0 Å². The Bertz CT molecular complexity index is 49.0. The molecule has 0 fully saturated rings. The maximum Gasteiger partial charge on any atom is 0.0788 e. The fraction of sp³-hybridized carbons (Fsp3) is 1.00. The molecule has 0 aromatic rings. The van der Waals surface area contributed by atoms with Gasteiger partial charge >= 0.3 is 0 Å². The van der Waals surface area contributed by atoms with Gasteiger partial charge in [-0.25, -0.2) is 0 Å². The highest BCUT2D eigenvalue weighted by Gasteiger charge is 2.06. The quantitative estimate of drug-likeness (QED) is 0.432. The molecular formula is C4H9ClOS. The van der Waals surface area contributed by atoms with Gasteiger partial charge in [0.15, 0.2) is 0 Å². The largest absolute Gasteiger partial charge is 0.391 e. The molecule has 2 unspecified atom stereocenters. The smallest absolute Gasteiger partial charge is 0.0788 e. The minimum absolute atomic E-state index is 0.183. The molecule has 1 N–H and O–H groups in total. The fourth-order valence-electron chi connectivity index (χ4n) is 0.145. The minimum atomic E-state index is -0.468. The van der Waals surface area contributed by atoms with Crippen molar-refractivity contribution in [1.82, 2.24) is 0 Å². The number of alkyl halides is 1. The predicted molar refractivity (Wildman–Crippen MR) is 35.2 cm³/mol.